The smallest absolute Gasteiger partial charge is 0.160 e. The molecule has 0 radical (unpaired) electrons. The molecule has 1 aromatic heterocycles. The molecule has 0 fully saturated rings. The Labute approximate surface area is 192 Å². The molecule has 0 aliphatic carbocycles. The molecule has 6 rings (SSSR count). The molecular formula is C31H23NO. The largest absolute Gasteiger partial charge is 0.454 e. The molecule has 158 valence electrons. The first-order valence-electron chi connectivity index (χ1n) is 11.2. The van der Waals surface area contributed by atoms with Crippen molar-refractivity contribution < 1.29 is 4.42 Å². The first kappa shape index (κ1) is 19.4. The van der Waals surface area contributed by atoms with Gasteiger partial charge in [0.1, 0.15) is 5.58 Å². The van der Waals surface area contributed by atoms with Crippen LogP contribution in [0.4, 0.5) is 5.69 Å². The second-order valence-electron chi connectivity index (χ2n) is 8.34. The zero-order chi connectivity index (χ0) is 22.4. The summed E-state index contributed by atoms with van der Waals surface area (Å²) in [4.78, 5) is 0. The summed E-state index contributed by atoms with van der Waals surface area (Å²) in [6.07, 6.45) is 3.78. The molecule has 33 heavy (non-hydrogen) atoms. The number of anilines is 1. The third kappa shape index (κ3) is 3.03. The van der Waals surface area contributed by atoms with Gasteiger partial charge in [-0.25, -0.2) is 0 Å². The predicted molar refractivity (Wildman–Crippen MR) is 142 cm³/mol. The molecule has 6 aromatic rings. The fraction of sp³-hybridized carbons (Fsp3) is 0.0323. The van der Waals surface area contributed by atoms with Gasteiger partial charge >= 0.3 is 0 Å². The van der Waals surface area contributed by atoms with E-state index in [1.165, 1.54) is 21.5 Å². The van der Waals surface area contributed by atoms with Crippen molar-refractivity contribution >= 4 is 49.2 Å². The molecule has 2 heteroatoms. The van der Waals surface area contributed by atoms with E-state index in [9.17, 15) is 0 Å². The summed E-state index contributed by atoms with van der Waals surface area (Å²) in [5, 5.41) is 10.8. The highest BCUT2D eigenvalue weighted by molar-refractivity contribution is 6.31. The van der Waals surface area contributed by atoms with Crippen LogP contribution >= 0.6 is 0 Å². The van der Waals surface area contributed by atoms with E-state index in [-0.39, 0.29) is 0 Å². The van der Waals surface area contributed by atoms with E-state index in [0.29, 0.717) is 0 Å². The van der Waals surface area contributed by atoms with E-state index in [2.05, 4.69) is 104 Å². The summed E-state index contributed by atoms with van der Waals surface area (Å²) in [7, 11) is 0. The number of hydrogen-bond acceptors (Lipinski definition) is 2. The van der Waals surface area contributed by atoms with E-state index in [1.807, 2.05) is 12.1 Å². The van der Waals surface area contributed by atoms with Crippen molar-refractivity contribution in [3.63, 3.8) is 0 Å². The van der Waals surface area contributed by atoms with Crippen LogP contribution in [0.5, 0.6) is 0 Å². The summed E-state index contributed by atoms with van der Waals surface area (Å²) < 4.78 is 6.63. The van der Waals surface area contributed by atoms with Crippen molar-refractivity contribution in [1.29, 1.82) is 0 Å². The zero-order valence-electron chi connectivity index (χ0n) is 18.4. The molecule has 0 unspecified atom stereocenters. The highest BCUT2D eigenvalue weighted by Crippen LogP contribution is 2.47. The van der Waals surface area contributed by atoms with Crippen molar-refractivity contribution in [2.75, 3.05) is 5.32 Å². The molecule has 1 N–H and O–H groups in total. The second kappa shape index (κ2) is 7.68. The van der Waals surface area contributed by atoms with Gasteiger partial charge < -0.3 is 9.73 Å². The Morgan fingerprint density at radius 3 is 2.24 bits per heavy atom. The Bertz CT molecular complexity index is 1700. The molecule has 0 saturated carbocycles. The van der Waals surface area contributed by atoms with Gasteiger partial charge in [0.25, 0.3) is 0 Å². The van der Waals surface area contributed by atoms with Crippen LogP contribution in [0.15, 0.2) is 120 Å². The molecule has 0 saturated heterocycles. The van der Waals surface area contributed by atoms with Gasteiger partial charge in [-0.05, 0) is 46.2 Å². The maximum atomic E-state index is 6.63. The van der Waals surface area contributed by atoms with E-state index >= 15 is 0 Å². The second-order valence-corrected chi connectivity index (χ2v) is 8.34. The van der Waals surface area contributed by atoms with Gasteiger partial charge in [0.05, 0.1) is 5.69 Å². The lowest BCUT2D eigenvalue weighted by Gasteiger charge is -2.17. The minimum absolute atomic E-state index is 0.871. The monoisotopic (exact) mass is 425 g/mol. The van der Waals surface area contributed by atoms with Crippen LogP contribution in [0.25, 0.3) is 54.6 Å². The van der Waals surface area contributed by atoms with E-state index in [4.69, 9.17) is 4.42 Å². The molecular weight excluding hydrogens is 402 g/mol. The van der Waals surface area contributed by atoms with Crippen LogP contribution in [0.2, 0.25) is 0 Å². The predicted octanol–water partition coefficient (Wildman–Crippen LogP) is 9.06. The molecule has 0 amide bonds. The maximum Gasteiger partial charge on any atom is 0.160 e. The highest BCUT2D eigenvalue weighted by Gasteiger charge is 2.22. The van der Waals surface area contributed by atoms with E-state index in [1.54, 1.807) is 6.08 Å². The van der Waals surface area contributed by atoms with E-state index in [0.717, 1.165) is 44.4 Å². The van der Waals surface area contributed by atoms with Gasteiger partial charge in [0, 0.05) is 22.0 Å². The summed E-state index contributed by atoms with van der Waals surface area (Å²) >= 11 is 0. The number of fused-ring (bicyclic) bond motifs is 7. The first-order chi connectivity index (χ1) is 16.3. The Kier molecular flexibility index (Phi) is 4.51. The number of nitrogens with one attached hydrogen (secondary N) is 1. The molecule has 0 bridgehead atoms. The first-order valence-corrected chi connectivity index (χ1v) is 11.2. The fourth-order valence-electron chi connectivity index (χ4n) is 4.91. The van der Waals surface area contributed by atoms with Crippen LogP contribution in [0, 0.1) is 0 Å². The van der Waals surface area contributed by atoms with Crippen LogP contribution in [0.3, 0.4) is 0 Å². The summed E-state index contributed by atoms with van der Waals surface area (Å²) in [5.74, 6) is 0. The van der Waals surface area contributed by atoms with Gasteiger partial charge in [0.2, 0.25) is 0 Å². The van der Waals surface area contributed by atoms with Gasteiger partial charge in [-0.2, -0.15) is 0 Å². The van der Waals surface area contributed by atoms with Crippen molar-refractivity contribution in [1.82, 2.24) is 0 Å². The number of rotatable bonds is 4. The molecule has 5 aromatic carbocycles. The lowest BCUT2D eigenvalue weighted by atomic mass is 9.92. The summed E-state index contributed by atoms with van der Waals surface area (Å²) in [6, 6.07) is 31.9. The normalized spacial score (nSPS) is 12.1. The summed E-state index contributed by atoms with van der Waals surface area (Å²) in [5.41, 5.74) is 6.03. The molecule has 0 atom stereocenters. The van der Waals surface area contributed by atoms with Crippen LogP contribution in [-0.2, 0) is 0 Å². The van der Waals surface area contributed by atoms with Crippen molar-refractivity contribution in [3.05, 3.63) is 115 Å². The van der Waals surface area contributed by atoms with Crippen molar-refractivity contribution in [2.45, 2.75) is 6.92 Å². The summed E-state index contributed by atoms with van der Waals surface area (Å²) in [6.45, 7) is 5.92. The molecule has 0 aliphatic heterocycles. The Morgan fingerprint density at radius 2 is 1.45 bits per heavy atom. The van der Waals surface area contributed by atoms with Crippen LogP contribution in [0.1, 0.15) is 6.92 Å². The molecule has 2 nitrogen and oxygen atoms in total. The minimum atomic E-state index is 0.871. The highest BCUT2D eigenvalue weighted by atomic mass is 16.3. The van der Waals surface area contributed by atoms with Gasteiger partial charge in [-0.3, -0.25) is 0 Å². The quantitative estimate of drug-likeness (QED) is 0.285. The third-order valence-corrected chi connectivity index (χ3v) is 6.28. The fourth-order valence-corrected chi connectivity index (χ4v) is 4.91. The standard InChI is InChI=1S/C31H23NO/c1-3-11-20(2)32-30-27(22-13-5-4-6-14-22)24-16-9-10-17-25(24)29-28-23-15-8-7-12-21(23)18-19-26(28)33-31(29)30/h3-19,32H,1H2,2H3/b20-11+. The Morgan fingerprint density at radius 1 is 0.758 bits per heavy atom. The Balaban J connectivity index is 1.87. The number of hydrogen-bond donors (Lipinski definition) is 1. The average molecular weight is 426 g/mol. The van der Waals surface area contributed by atoms with E-state index < -0.39 is 0 Å². The van der Waals surface area contributed by atoms with Crippen molar-refractivity contribution in [3.8, 4) is 11.1 Å². The van der Waals surface area contributed by atoms with Gasteiger partial charge in [-0.1, -0.05) is 97.6 Å². The zero-order valence-corrected chi connectivity index (χ0v) is 18.4. The number of allylic oxidation sites excluding steroid dienone is 3. The Hall–Kier alpha value is -4.30. The molecule has 0 spiro atoms. The lowest BCUT2D eigenvalue weighted by Crippen LogP contribution is -1.99. The van der Waals surface area contributed by atoms with Gasteiger partial charge in [0.15, 0.2) is 5.58 Å². The van der Waals surface area contributed by atoms with Crippen LogP contribution in [-0.4, -0.2) is 0 Å². The van der Waals surface area contributed by atoms with Crippen LogP contribution < -0.4 is 5.32 Å². The van der Waals surface area contributed by atoms with Gasteiger partial charge in [-0.15, -0.1) is 0 Å². The van der Waals surface area contributed by atoms with Crippen molar-refractivity contribution in [2.24, 2.45) is 0 Å². The molecule has 0 aliphatic rings. The minimum Gasteiger partial charge on any atom is -0.454 e. The third-order valence-electron chi connectivity index (χ3n) is 6.28. The molecule has 1 heterocycles. The lowest BCUT2D eigenvalue weighted by molar-refractivity contribution is 0.670. The SMILES string of the molecule is C=C/C=C(\C)Nc1c(-c2ccccc2)c2ccccc2c2c1oc1ccc3ccccc3c12. The number of furan rings is 1. The maximum absolute atomic E-state index is 6.63. The topological polar surface area (TPSA) is 25.2 Å². The average Bonchev–Trinajstić information content (AvgIpc) is 3.25. The number of benzene rings is 5.